The number of allylic oxidation sites excluding steroid dienone is 4. The van der Waals surface area contributed by atoms with Crippen molar-refractivity contribution in [3.8, 4) is 0 Å². The molecule has 50 valence electrons. The second kappa shape index (κ2) is 1.03. The van der Waals surface area contributed by atoms with Crippen LogP contribution in [0.2, 0.25) is 0 Å². The Morgan fingerprint density at radius 1 is 0.500 bits per heavy atom. The molecule has 0 N–H and O–H groups in total. The second-order valence-electron chi connectivity index (χ2n) is 4.23. The molecule has 0 nitrogen and oxygen atoms in total. The summed E-state index contributed by atoms with van der Waals surface area (Å²) in [7, 11) is 0. The molecule has 0 aromatic heterocycles. The molecule has 0 bridgehead atoms. The van der Waals surface area contributed by atoms with Gasteiger partial charge in [-0.3, -0.25) is 0 Å². The zero-order valence-electron chi connectivity index (χ0n) is 5.77. The molecule has 0 atom stereocenters. The van der Waals surface area contributed by atoms with Gasteiger partial charge in [0.05, 0.1) is 0 Å². The van der Waals surface area contributed by atoms with E-state index >= 15 is 0 Å². The SMILES string of the molecule is C1=CC2C3C=CC4C1C2C43. The lowest BCUT2D eigenvalue weighted by molar-refractivity contribution is -0.100. The van der Waals surface area contributed by atoms with Crippen LogP contribution in [-0.4, -0.2) is 0 Å². The molecule has 0 saturated heterocycles. The number of hydrogen-bond acceptors (Lipinski definition) is 0. The highest BCUT2D eigenvalue weighted by Crippen LogP contribution is 2.72. The standard InChI is InChI=1S/C10H10/c1-2-6-8-4-3-7-5(1)9(6)10(7)8/h1-10H. The van der Waals surface area contributed by atoms with E-state index in [0.29, 0.717) is 0 Å². The lowest BCUT2D eigenvalue weighted by atomic mass is 9.44. The summed E-state index contributed by atoms with van der Waals surface area (Å²) < 4.78 is 0. The Bertz CT molecular complexity index is 209. The molecule has 0 radical (unpaired) electrons. The van der Waals surface area contributed by atoms with E-state index in [9.17, 15) is 0 Å². The van der Waals surface area contributed by atoms with Crippen LogP contribution in [0.15, 0.2) is 24.3 Å². The van der Waals surface area contributed by atoms with Crippen LogP contribution in [0.5, 0.6) is 0 Å². The van der Waals surface area contributed by atoms with Gasteiger partial charge in [0, 0.05) is 0 Å². The van der Waals surface area contributed by atoms with Crippen LogP contribution in [0, 0.1) is 35.5 Å². The van der Waals surface area contributed by atoms with Gasteiger partial charge in [-0.25, -0.2) is 0 Å². The summed E-state index contributed by atoms with van der Waals surface area (Å²) in [6, 6.07) is 0. The van der Waals surface area contributed by atoms with Crippen LogP contribution < -0.4 is 0 Å². The smallest absolute Gasteiger partial charge is 0.0130 e. The highest BCUT2D eigenvalue weighted by atomic mass is 14.7. The normalized spacial score (nSPS) is 71.2. The Labute approximate surface area is 60.6 Å². The van der Waals surface area contributed by atoms with Crippen molar-refractivity contribution >= 4 is 0 Å². The minimum absolute atomic E-state index is 0.977. The Hall–Kier alpha value is -0.520. The predicted octanol–water partition coefficient (Wildman–Crippen LogP) is 1.85. The van der Waals surface area contributed by atoms with Crippen molar-refractivity contribution in [2.24, 2.45) is 35.5 Å². The zero-order valence-corrected chi connectivity index (χ0v) is 5.77. The van der Waals surface area contributed by atoms with Crippen LogP contribution in [-0.2, 0) is 0 Å². The van der Waals surface area contributed by atoms with Crippen molar-refractivity contribution in [1.29, 1.82) is 0 Å². The molecule has 0 unspecified atom stereocenters. The molecule has 0 aliphatic heterocycles. The first kappa shape index (κ1) is 4.38. The number of fused-ring (bicyclic) bond motifs is 2. The van der Waals surface area contributed by atoms with Gasteiger partial charge in [0.15, 0.2) is 0 Å². The molecule has 0 heterocycles. The molecular formula is C10H10. The largest absolute Gasteiger partial charge is 0.0842 e. The molecule has 0 aromatic carbocycles. The molecule has 4 aliphatic carbocycles. The van der Waals surface area contributed by atoms with E-state index in [-0.39, 0.29) is 0 Å². The van der Waals surface area contributed by atoms with Gasteiger partial charge < -0.3 is 0 Å². The van der Waals surface area contributed by atoms with E-state index in [1.165, 1.54) is 0 Å². The van der Waals surface area contributed by atoms with Gasteiger partial charge in [-0.1, -0.05) is 24.3 Å². The van der Waals surface area contributed by atoms with Gasteiger partial charge >= 0.3 is 0 Å². The molecule has 10 heavy (non-hydrogen) atoms. The molecular weight excluding hydrogens is 120 g/mol. The highest BCUT2D eigenvalue weighted by Gasteiger charge is 2.67. The fourth-order valence-corrected chi connectivity index (χ4v) is 3.81. The summed E-state index contributed by atoms with van der Waals surface area (Å²) in [6.07, 6.45) is 9.89. The van der Waals surface area contributed by atoms with Crippen LogP contribution in [0.25, 0.3) is 0 Å². The van der Waals surface area contributed by atoms with Gasteiger partial charge in [-0.05, 0) is 35.5 Å². The van der Waals surface area contributed by atoms with E-state index < -0.39 is 0 Å². The first-order chi connectivity index (χ1) is 4.97. The van der Waals surface area contributed by atoms with E-state index in [2.05, 4.69) is 24.3 Å². The van der Waals surface area contributed by atoms with Crippen LogP contribution in [0.4, 0.5) is 0 Å². The maximum atomic E-state index is 2.47. The minimum atomic E-state index is 0.977. The van der Waals surface area contributed by atoms with Crippen molar-refractivity contribution in [2.75, 3.05) is 0 Å². The average molecular weight is 130 g/mol. The Balaban J connectivity index is 1.98. The third kappa shape index (κ3) is 0.224. The minimum Gasteiger partial charge on any atom is -0.0842 e. The molecule has 4 rings (SSSR count). The molecule has 2 saturated carbocycles. The van der Waals surface area contributed by atoms with Gasteiger partial charge in [0.2, 0.25) is 0 Å². The first-order valence-electron chi connectivity index (χ1n) is 4.33. The van der Waals surface area contributed by atoms with Gasteiger partial charge in [0.25, 0.3) is 0 Å². The van der Waals surface area contributed by atoms with Crippen molar-refractivity contribution in [3.05, 3.63) is 24.3 Å². The fraction of sp³-hybridized carbons (Fsp3) is 0.600. The van der Waals surface area contributed by atoms with Crippen molar-refractivity contribution in [2.45, 2.75) is 0 Å². The summed E-state index contributed by atoms with van der Waals surface area (Å²) in [5.74, 6) is 6.11. The summed E-state index contributed by atoms with van der Waals surface area (Å²) in [6.45, 7) is 0. The topological polar surface area (TPSA) is 0 Å². The maximum Gasteiger partial charge on any atom is -0.0130 e. The first-order valence-corrected chi connectivity index (χ1v) is 4.33. The fourth-order valence-electron chi connectivity index (χ4n) is 3.81. The quantitative estimate of drug-likeness (QED) is 0.439. The van der Waals surface area contributed by atoms with Gasteiger partial charge in [0.1, 0.15) is 0 Å². The zero-order chi connectivity index (χ0) is 6.29. The highest BCUT2D eigenvalue weighted by molar-refractivity contribution is 5.36. The maximum absolute atomic E-state index is 2.47. The third-order valence-electron chi connectivity index (χ3n) is 4.22. The molecule has 0 heteroatoms. The second-order valence-corrected chi connectivity index (χ2v) is 4.23. The molecule has 4 aliphatic rings. The van der Waals surface area contributed by atoms with Gasteiger partial charge in [-0.15, -0.1) is 0 Å². The summed E-state index contributed by atoms with van der Waals surface area (Å²) in [5.41, 5.74) is 0. The number of hydrogen-bond donors (Lipinski definition) is 0. The summed E-state index contributed by atoms with van der Waals surface area (Å²) in [5, 5.41) is 0. The monoisotopic (exact) mass is 130 g/mol. The lowest BCUT2D eigenvalue weighted by Crippen LogP contribution is -2.57. The van der Waals surface area contributed by atoms with Crippen molar-refractivity contribution in [1.82, 2.24) is 0 Å². The van der Waals surface area contributed by atoms with Crippen LogP contribution >= 0.6 is 0 Å². The molecule has 2 fully saturated rings. The Morgan fingerprint density at radius 3 is 1.10 bits per heavy atom. The predicted molar refractivity (Wildman–Crippen MR) is 39.2 cm³/mol. The third-order valence-corrected chi connectivity index (χ3v) is 4.22. The van der Waals surface area contributed by atoms with Gasteiger partial charge in [-0.2, -0.15) is 0 Å². The van der Waals surface area contributed by atoms with Crippen molar-refractivity contribution in [3.63, 3.8) is 0 Å². The Morgan fingerprint density at radius 2 is 0.800 bits per heavy atom. The van der Waals surface area contributed by atoms with Crippen LogP contribution in [0.3, 0.4) is 0 Å². The molecule has 0 aromatic rings. The van der Waals surface area contributed by atoms with E-state index in [0.717, 1.165) is 35.5 Å². The van der Waals surface area contributed by atoms with Crippen LogP contribution in [0.1, 0.15) is 0 Å². The van der Waals surface area contributed by atoms with Crippen molar-refractivity contribution < 1.29 is 0 Å². The molecule has 0 spiro atoms. The summed E-state index contributed by atoms with van der Waals surface area (Å²) in [4.78, 5) is 0. The van der Waals surface area contributed by atoms with E-state index in [1.807, 2.05) is 0 Å². The lowest BCUT2D eigenvalue weighted by Gasteiger charge is -2.59. The average Bonchev–Trinajstić information content (AvgIpc) is 2.10. The Kier molecular flexibility index (Phi) is 0.450. The van der Waals surface area contributed by atoms with E-state index in [1.54, 1.807) is 0 Å². The summed E-state index contributed by atoms with van der Waals surface area (Å²) >= 11 is 0. The van der Waals surface area contributed by atoms with E-state index in [4.69, 9.17) is 0 Å². The number of rotatable bonds is 0. The molecule has 0 amide bonds.